The molecule has 1 atom stereocenters. The van der Waals surface area contributed by atoms with E-state index in [2.05, 4.69) is 66.1 Å². The first-order valence-corrected chi connectivity index (χ1v) is 11.7. The quantitative estimate of drug-likeness (QED) is 0.658. The van der Waals surface area contributed by atoms with Crippen LogP contribution in [0.3, 0.4) is 0 Å². The van der Waals surface area contributed by atoms with Crippen molar-refractivity contribution in [1.82, 2.24) is 10.6 Å². The Kier molecular flexibility index (Phi) is 6.45. The van der Waals surface area contributed by atoms with Crippen molar-refractivity contribution in [2.24, 2.45) is 0 Å². The molecule has 164 valence electrons. The standard InChI is InChI=1S/C27H34N2O2/c1-21-9-11-22(12-10-21)19-27(18-14-25(31)29-27)17-13-24(30)28-20-26(15-5-6-16-26)23-7-3-2-4-8-23/h2-4,7-12H,5-6,13-20H2,1H3,(H,28,30)(H,29,31)/t27-/m0/s1. The molecule has 4 heteroatoms. The van der Waals surface area contributed by atoms with Crippen molar-refractivity contribution in [3.05, 3.63) is 71.3 Å². The lowest BCUT2D eigenvalue weighted by molar-refractivity contribution is -0.123. The Morgan fingerprint density at radius 2 is 1.71 bits per heavy atom. The lowest BCUT2D eigenvalue weighted by Crippen LogP contribution is -2.45. The highest BCUT2D eigenvalue weighted by Crippen LogP contribution is 2.40. The second-order valence-electron chi connectivity index (χ2n) is 9.62. The number of hydrogen-bond acceptors (Lipinski definition) is 2. The average molecular weight is 419 g/mol. The molecule has 0 unspecified atom stereocenters. The second kappa shape index (κ2) is 9.25. The first-order chi connectivity index (χ1) is 15.0. The first kappa shape index (κ1) is 21.6. The van der Waals surface area contributed by atoms with Gasteiger partial charge in [0.1, 0.15) is 0 Å². The predicted octanol–water partition coefficient (Wildman–Crippen LogP) is 4.59. The highest BCUT2D eigenvalue weighted by atomic mass is 16.2. The number of amides is 2. The third kappa shape index (κ3) is 5.17. The Balaban J connectivity index is 1.37. The van der Waals surface area contributed by atoms with Gasteiger partial charge in [0, 0.05) is 30.3 Å². The van der Waals surface area contributed by atoms with Crippen LogP contribution in [-0.4, -0.2) is 23.9 Å². The van der Waals surface area contributed by atoms with Crippen LogP contribution in [0.15, 0.2) is 54.6 Å². The normalized spacial score (nSPS) is 22.3. The van der Waals surface area contributed by atoms with E-state index in [0.717, 1.165) is 25.7 Å². The second-order valence-corrected chi connectivity index (χ2v) is 9.62. The maximum absolute atomic E-state index is 12.8. The van der Waals surface area contributed by atoms with Gasteiger partial charge in [-0.05, 0) is 50.2 Å². The van der Waals surface area contributed by atoms with E-state index in [1.807, 2.05) is 6.07 Å². The minimum Gasteiger partial charge on any atom is -0.355 e. The summed E-state index contributed by atoms with van der Waals surface area (Å²) in [4.78, 5) is 24.9. The predicted molar refractivity (Wildman–Crippen MR) is 124 cm³/mol. The maximum Gasteiger partial charge on any atom is 0.220 e. The van der Waals surface area contributed by atoms with E-state index in [1.54, 1.807) is 0 Å². The summed E-state index contributed by atoms with van der Waals surface area (Å²) in [6.45, 7) is 2.78. The summed E-state index contributed by atoms with van der Waals surface area (Å²) in [7, 11) is 0. The Morgan fingerprint density at radius 1 is 1.00 bits per heavy atom. The Morgan fingerprint density at radius 3 is 2.35 bits per heavy atom. The van der Waals surface area contributed by atoms with Crippen molar-refractivity contribution in [2.45, 2.75) is 75.7 Å². The molecule has 1 aliphatic carbocycles. The first-order valence-electron chi connectivity index (χ1n) is 11.7. The highest BCUT2D eigenvalue weighted by molar-refractivity contribution is 5.80. The summed E-state index contributed by atoms with van der Waals surface area (Å²) in [5, 5.41) is 6.43. The number of benzene rings is 2. The van der Waals surface area contributed by atoms with Crippen LogP contribution in [0.5, 0.6) is 0 Å². The number of nitrogens with one attached hydrogen (secondary N) is 2. The van der Waals surface area contributed by atoms with Gasteiger partial charge in [0.2, 0.25) is 11.8 Å². The Hall–Kier alpha value is -2.62. The van der Waals surface area contributed by atoms with Crippen LogP contribution in [0.1, 0.15) is 68.1 Å². The zero-order valence-corrected chi connectivity index (χ0v) is 18.6. The van der Waals surface area contributed by atoms with Gasteiger partial charge >= 0.3 is 0 Å². The number of aryl methyl sites for hydroxylation is 1. The molecule has 2 aliphatic rings. The summed E-state index contributed by atoms with van der Waals surface area (Å²) in [5.41, 5.74) is 3.53. The van der Waals surface area contributed by atoms with Crippen LogP contribution in [-0.2, 0) is 21.4 Å². The maximum atomic E-state index is 12.8. The van der Waals surface area contributed by atoms with Crippen LogP contribution in [0.4, 0.5) is 0 Å². The molecule has 1 aliphatic heterocycles. The van der Waals surface area contributed by atoms with Crippen molar-refractivity contribution in [1.29, 1.82) is 0 Å². The van der Waals surface area contributed by atoms with E-state index in [0.29, 0.717) is 25.8 Å². The minimum absolute atomic E-state index is 0.0675. The number of rotatable bonds is 8. The average Bonchev–Trinajstić information content (AvgIpc) is 3.41. The molecule has 1 saturated heterocycles. The molecule has 31 heavy (non-hydrogen) atoms. The molecule has 0 radical (unpaired) electrons. The van der Waals surface area contributed by atoms with Crippen LogP contribution >= 0.6 is 0 Å². The topological polar surface area (TPSA) is 58.2 Å². The molecule has 2 aromatic rings. The van der Waals surface area contributed by atoms with Crippen LogP contribution < -0.4 is 10.6 Å². The molecule has 2 aromatic carbocycles. The number of carbonyl (C=O) groups is 2. The third-order valence-corrected chi connectivity index (χ3v) is 7.30. The zero-order chi connectivity index (χ0) is 21.7. The summed E-state index contributed by atoms with van der Waals surface area (Å²) in [6, 6.07) is 19.1. The van der Waals surface area contributed by atoms with Gasteiger partial charge in [-0.3, -0.25) is 9.59 Å². The van der Waals surface area contributed by atoms with Gasteiger partial charge in [-0.1, -0.05) is 73.0 Å². The molecule has 2 fully saturated rings. The van der Waals surface area contributed by atoms with Gasteiger partial charge in [0.15, 0.2) is 0 Å². The molecule has 1 heterocycles. The van der Waals surface area contributed by atoms with Gasteiger partial charge < -0.3 is 10.6 Å². The van der Waals surface area contributed by atoms with E-state index >= 15 is 0 Å². The Bertz CT molecular complexity index is 901. The van der Waals surface area contributed by atoms with Gasteiger partial charge in [0.05, 0.1) is 0 Å². The van der Waals surface area contributed by atoms with Gasteiger partial charge in [-0.2, -0.15) is 0 Å². The molecule has 4 nitrogen and oxygen atoms in total. The molecule has 0 spiro atoms. The molecule has 2 N–H and O–H groups in total. The molecular weight excluding hydrogens is 384 g/mol. The van der Waals surface area contributed by atoms with E-state index < -0.39 is 0 Å². The zero-order valence-electron chi connectivity index (χ0n) is 18.6. The number of hydrogen-bond donors (Lipinski definition) is 2. The lowest BCUT2D eigenvalue weighted by Gasteiger charge is -2.31. The van der Waals surface area contributed by atoms with Crippen molar-refractivity contribution >= 4 is 11.8 Å². The monoisotopic (exact) mass is 418 g/mol. The lowest BCUT2D eigenvalue weighted by atomic mass is 9.78. The van der Waals surface area contributed by atoms with E-state index in [-0.39, 0.29) is 22.8 Å². The van der Waals surface area contributed by atoms with E-state index in [4.69, 9.17) is 0 Å². The third-order valence-electron chi connectivity index (χ3n) is 7.30. The highest BCUT2D eigenvalue weighted by Gasteiger charge is 2.39. The van der Waals surface area contributed by atoms with E-state index in [9.17, 15) is 9.59 Å². The van der Waals surface area contributed by atoms with Gasteiger partial charge in [-0.15, -0.1) is 0 Å². The summed E-state index contributed by atoms with van der Waals surface area (Å²) in [6.07, 6.45) is 7.93. The fraction of sp³-hybridized carbons (Fsp3) is 0.481. The van der Waals surface area contributed by atoms with Crippen molar-refractivity contribution in [2.75, 3.05) is 6.54 Å². The molecule has 0 aromatic heterocycles. The van der Waals surface area contributed by atoms with Crippen LogP contribution in [0, 0.1) is 6.92 Å². The molecule has 4 rings (SSSR count). The fourth-order valence-corrected chi connectivity index (χ4v) is 5.40. The summed E-state index contributed by atoms with van der Waals surface area (Å²) >= 11 is 0. The van der Waals surface area contributed by atoms with Crippen LogP contribution in [0.2, 0.25) is 0 Å². The largest absolute Gasteiger partial charge is 0.355 e. The fourth-order valence-electron chi connectivity index (χ4n) is 5.40. The van der Waals surface area contributed by atoms with Crippen molar-refractivity contribution < 1.29 is 9.59 Å². The summed E-state index contributed by atoms with van der Waals surface area (Å²) in [5.74, 6) is 0.188. The van der Waals surface area contributed by atoms with Gasteiger partial charge in [-0.25, -0.2) is 0 Å². The Labute approximate surface area is 185 Å². The number of carbonyl (C=O) groups excluding carboxylic acids is 2. The van der Waals surface area contributed by atoms with E-state index in [1.165, 1.54) is 29.5 Å². The summed E-state index contributed by atoms with van der Waals surface area (Å²) < 4.78 is 0. The minimum atomic E-state index is -0.311. The van der Waals surface area contributed by atoms with Crippen molar-refractivity contribution in [3.63, 3.8) is 0 Å². The van der Waals surface area contributed by atoms with Crippen molar-refractivity contribution in [3.8, 4) is 0 Å². The molecule has 1 saturated carbocycles. The van der Waals surface area contributed by atoms with Gasteiger partial charge in [0.25, 0.3) is 0 Å². The molecular formula is C27H34N2O2. The molecule has 0 bridgehead atoms. The SMILES string of the molecule is Cc1ccc(C[C@]2(CCC(=O)NCC3(c4ccccc4)CCCC3)CCC(=O)N2)cc1. The molecule has 2 amide bonds. The smallest absolute Gasteiger partial charge is 0.220 e. The van der Waals surface area contributed by atoms with Crippen LogP contribution in [0.25, 0.3) is 0 Å².